The fourth-order valence-corrected chi connectivity index (χ4v) is 0.0373. The zero-order valence-electron chi connectivity index (χ0n) is 2.64. The zero-order chi connectivity index (χ0) is 4.12. The molecule has 2 N–H and O–H groups in total. The monoisotopic (exact) mass is 73.0 g/mol. The van der Waals surface area contributed by atoms with Gasteiger partial charge in [0.1, 0.15) is 0 Å². The minimum absolute atomic E-state index is 0.0139. The van der Waals surface area contributed by atoms with Crippen LogP contribution in [-0.2, 0) is 4.79 Å². The van der Waals surface area contributed by atoms with Crippen molar-refractivity contribution in [2.75, 3.05) is 0 Å². The average molecular weight is 72.9 g/mol. The lowest BCUT2D eigenvalue weighted by molar-refractivity contribution is 0.247. The number of hydrogen-bond acceptors (Lipinski definition) is 3. The molecule has 0 spiro atoms. The van der Waals surface area contributed by atoms with Crippen LogP contribution in [0.4, 0.5) is 0 Å². The lowest BCUT2D eigenvalue weighted by Gasteiger charge is -1.71. The predicted octanol–water partition coefficient (Wildman–Crippen LogP) is -1.49. The Labute approximate surface area is 30.2 Å². The number of nitrogens with one attached hydrogen (secondary N) is 1. The molecule has 0 unspecified atom stereocenters. The van der Waals surface area contributed by atoms with Crippen LogP contribution in [0.25, 0.3) is 0 Å². The minimum Gasteiger partial charge on any atom is -0.328 e. The van der Waals surface area contributed by atoms with Crippen LogP contribution in [0.2, 0.25) is 0 Å². The van der Waals surface area contributed by atoms with E-state index < -0.39 is 0 Å². The summed E-state index contributed by atoms with van der Waals surface area (Å²) in [7, 11) is 0.0139. The van der Waals surface area contributed by atoms with Gasteiger partial charge in [-0.3, -0.25) is 0 Å². The molecule has 0 saturated carbocycles. The third-order valence-corrected chi connectivity index (χ3v) is 0.175. The molecule has 0 aromatic heterocycles. The average Bonchev–Trinajstić information content (AvgIpc) is 1.41. The molecule has 4 heteroatoms. The number of hydrogen-bond donors (Lipinski definition) is 2. The van der Waals surface area contributed by atoms with E-state index in [4.69, 9.17) is 5.21 Å². The third-order valence-electron chi connectivity index (χ3n) is 0.175. The van der Waals surface area contributed by atoms with Gasteiger partial charge in [-0.1, -0.05) is 0 Å². The van der Waals surface area contributed by atoms with Crippen LogP contribution < -0.4 is 5.39 Å². The smallest absolute Gasteiger partial charge is 0.307 e. The molecule has 0 aliphatic heterocycles. The third kappa shape index (κ3) is 3.65. The topological polar surface area (TPSA) is 49.3 Å². The Hall–Kier alpha value is -0.345. The van der Waals surface area contributed by atoms with Crippen LogP contribution in [0, 0.1) is 0 Å². The molecule has 0 amide bonds. The van der Waals surface area contributed by atoms with Gasteiger partial charge in [-0.25, -0.2) is 5.39 Å². The number of carbonyl (C=O) groups excluding carboxylic acids is 1. The lowest BCUT2D eigenvalue weighted by Crippen LogP contribution is -2.13. The maximum Gasteiger partial charge on any atom is 0.307 e. The van der Waals surface area contributed by atoms with Gasteiger partial charge in [-0.05, 0) is 0 Å². The summed E-state index contributed by atoms with van der Waals surface area (Å²) in [6.07, 6.45) is 0.569. The second kappa shape index (κ2) is 3.65. The van der Waals surface area contributed by atoms with Crippen molar-refractivity contribution < 1.29 is 10.0 Å². The maximum atomic E-state index is 9.18. The minimum atomic E-state index is 0.0139. The Kier molecular flexibility index (Phi) is 3.40. The summed E-state index contributed by atoms with van der Waals surface area (Å²) in [5.41, 5.74) is 0. The van der Waals surface area contributed by atoms with Gasteiger partial charge in [0.15, 0.2) is 0 Å². The summed E-state index contributed by atoms with van der Waals surface area (Å²) in [5, 5.41) is 9.23. The molecule has 0 aliphatic rings. The van der Waals surface area contributed by atoms with Gasteiger partial charge in [-0.2, -0.15) is 0 Å². The molecule has 0 aromatic carbocycles. The van der Waals surface area contributed by atoms with Gasteiger partial charge in [-0.15, -0.1) is 0 Å². The molecule has 0 heterocycles. The molecule has 0 radical (unpaired) electrons. The highest BCUT2D eigenvalue weighted by Gasteiger charge is 1.72. The van der Waals surface area contributed by atoms with Gasteiger partial charge in [0.05, 0.1) is 6.19 Å². The highest BCUT2D eigenvalue weighted by molar-refractivity contribution is 6.64. The van der Waals surface area contributed by atoms with E-state index in [2.05, 4.69) is 0 Å². The molecule has 5 heavy (non-hydrogen) atoms. The predicted molar refractivity (Wildman–Crippen MR) is 18.8 cm³/mol. The van der Waals surface area contributed by atoms with Crippen molar-refractivity contribution in [3.05, 3.63) is 0 Å². The fourth-order valence-electron chi connectivity index (χ4n) is 0.0373. The number of carbonyl (C=O) groups is 1. The van der Waals surface area contributed by atoms with Crippen LogP contribution in [0.5, 0.6) is 0 Å². The Balaban J connectivity index is 2.40. The van der Waals surface area contributed by atoms with E-state index in [9.17, 15) is 4.79 Å². The van der Waals surface area contributed by atoms with Crippen LogP contribution in [0.15, 0.2) is 0 Å². The Bertz CT molecular complexity index is 30.8. The molecule has 0 aromatic rings. The van der Waals surface area contributed by atoms with Crippen molar-refractivity contribution in [1.29, 1.82) is 0 Å². The first-order chi connectivity index (χ1) is 2.41. The van der Waals surface area contributed by atoms with E-state index in [1.807, 2.05) is 0 Å². The van der Waals surface area contributed by atoms with Gasteiger partial charge in [0.25, 0.3) is 0 Å². The van der Waals surface area contributed by atoms with Crippen molar-refractivity contribution in [1.82, 2.24) is 5.39 Å². The molecular weight excluding hydrogens is 68.8 g/mol. The van der Waals surface area contributed by atoms with E-state index in [0.29, 0.717) is 6.19 Å². The lowest BCUT2D eigenvalue weighted by atomic mass is 10.0. The molecule has 0 fully saturated rings. The van der Waals surface area contributed by atoms with Gasteiger partial charge >= 0.3 is 7.41 Å². The van der Waals surface area contributed by atoms with Crippen molar-refractivity contribution in [2.45, 2.75) is 0 Å². The molecule has 28 valence electrons. The first-order valence-electron chi connectivity index (χ1n) is 1.22. The summed E-state index contributed by atoms with van der Waals surface area (Å²) < 4.78 is 0. The largest absolute Gasteiger partial charge is 0.328 e. The second-order valence-corrected chi connectivity index (χ2v) is 0.529. The van der Waals surface area contributed by atoms with Crippen molar-refractivity contribution >= 4 is 13.6 Å². The maximum absolute atomic E-state index is 9.18. The van der Waals surface area contributed by atoms with Crippen LogP contribution >= 0.6 is 0 Å². The van der Waals surface area contributed by atoms with Crippen LogP contribution in [-0.4, -0.2) is 18.8 Å². The SMILES string of the molecule is O=CBNO. The van der Waals surface area contributed by atoms with E-state index in [-0.39, 0.29) is 7.41 Å². The molecule has 0 aliphatic carbocycles. The molecule has 0 atom stereocenters. The van der Waals surface area contributed by atoms with Crippen molar-refractivity contribution in [3.63, 3.8) is 0 Å². The highest BCUT2D eigenvalue weighted by Crippen LogP contribution is 1.25. The zero-order valence-corrected chi connectivity index (χ0v) is 2.64. The first-order valence-corrected chi connectivity index (χ1v) is 1.22. The molecular formula is CH4BNO2. The quantitative estimate of drug-likeness (QED) is 0.238. The molecule has 3 nitrogen and oxygen atoms in total. The van der Waals surface area contributed by atoms with E-state index in [1.165, 1.54) is 0 Å². The summed E-state index contributed by atoms with van der Waals surface area (Å²) in [5.74, 6) is 0. The number of rotatable bonds is 2. The summed E-state index contributed by atoms with van der Waals surface area (Å²) in [6.45, 7) is 0. The van der Waals surface area contributed by atoms with E-state index >= 15 is 0 Å². The van der Waals surface area contributed by atoms with Gasteiger partial charge in [0.2, 0.25) is 0 Å². The normalized spacial score (nSPS) is 6.60. The van der Waals surface area contributed by atoms with Gasteiger partial charge < -0.3 is 10.0 Å². The highest BCUT2D eigenvalue weighted by atomic mass is 16.4. The summed E-state index contributed by atoms with van der Waals surface area (Å²) >= 11 is 0. The molecule has 0 bridgehead atoms. The first kappa shape index (κ1) is 4.65. The van der Waals surface area contributed by atoms with Crippen molar-refractivity contribution in [3.8, 4) is 0 Å². The van der Waals surface area contributed by atoms with Gasteiger partial charge in [0, 0.05) is 0 Å². The Morgan fingerprint density at radius 2 is 2.60 bits per heavy atom. The van der Waals surface area contributed by atoms with Crippen LogP contribution in [0.1, 0.15) is 0 Å². The summed E-state index contributed by atoms with van der Waals surface area (Å²) in [4.78, 5) is 9.18. The van der Waals surface area contributed by atoms with E-state index in [0.717, 1.165) is 0 Å². The Morgan fingerprint density at radius 1 is 2.00 bits per heavy atom. The summed E-state index contributed by atoms with van der Waals surface area (Å²) in [6, 6.07) is 0. The van der Waals surface area contributed by atoms with Crippen molar-refractivity contribution in [2.24, 2.45) is 0 Å². The van der Waals surface area contributed by atoms with Crippen LogP contribution in [0.3, 0.4) is 0 Å². The van der Waals surface area contributed by atoms with E-state index in [1.54, 1.807) is 5.39 Å². The molecule has 0 saturated heterocycles. The second-order valence-electron chi connectivity index (χ2n) is 0.529. The Morgan fingerprint density at radius 3 is 2.60 bits per heavy atom. The fraction of sp³-hybridized carbons (Fsp3) is 0. The standard InChI is InChI=1S/CH4BNO2/c4-1-2-3-5/h1-3,5H. The molecule has 0 rings (SSSR count).